The monoisotopic (exact) mass is 446 g/mol. The number of rotatable bonds is 8. The molecule has 0 amide bonds. The van der Waals surface area contributed by atoms with E-state index in [0.29, 0.717) is 23.0 Å². The van der Waals surface area contributed by atoms with Crippen LogP contribution < -0.4 is 24.8 Å². The topological polar surface area (TPSA) is 67.4 Å². The molecule has 32 heavy (non-hydrogen) atoms. The summed E-state index contributed by atoms with van der Waals surface area (Å²) in [5.41, 5.74) is 3.39. The van der Waals surface area contributed by atoms with Crippen molar-refractivity contribution in [3.8, 4) is 17.2 Å². The molecule has 2 heterocycles. The Morgan fingerprint density at radius 3 is 2.72 bits per heavy atom. The summed E-state index contributed by atoms with van der Waals surface area (Å²) >= 11 is 0. The van der Waals surface area contributed by atoms with Crippen molar-refractivity contribution in [3.05, 3.63) is 53.1 Å². The van der Waals surface area contributed by atoms with Gasteiger partial charge in [0.25, 0.3) is 0 Å². The largest absolute Gasteiger partial charge is 0.454 e. The fourth-order valence-corrected chi connectivity index (χ4v) is 3.96. The molecule has 0 aromatic heterocycles. The molecule has 4 rings (SSSR count). The van der Waals surface area contributed by atoms with Gasteiger partial charge in [0, 0.05) is 51.4 Å². The zero-order valence-corrected chi connectivity index (χ0v) is 18.1. The van der Waals surface area contributed by atoms with E-state index in [1.807, 2.05) is 0 Å². The first-order valence-corrected chi connectivity index (χ1v) is 10.7. The molecule has 0 radical (unpaired) electrons. The van der Waals surface area contributed by atoms with E-state index in [4.69, 9.17) is 9.47 Å². The fourth-order valence-electron chi connectivity index (χ4n) is 3.96. The lowest BCUT2D eigenvalue weighted by atomic mass is 10.00. The van der Waals surface area contributed by atoms with Gasteiger partial charge < -0.3 is 24.8 Å². The summed E-state index contributed by atoms with van der Waals surface area (Å²) in [4.78, 5) is 6.68. The Morgan fingerprint density at radius 1 is 1.16 bits per heavy atom. The highest BCUT2D eigenvalue weighted by Gasteiger charge is 2.20. The third-order valence-electron chi connectivity index (χ3n) is 5.59. The Labute approximate surface area is 186 Å². The van der Waals surface area contributed by atoms with E-state index < -0.39 is 6.61 Å². The van der Waals surface area contributed by atoms with Gasteiger partial charge in [-0.25, -0.2) is 0 Å². The van der Waals surface area contributed by atoms with E-state index in [2.05, 4.69) is 49.5 Å². The number of hydrogen-bond donors (Lipinski definition) is 2. The van der Waals surface area contributed by atoms with Gasteiger partial charge in [-0.05, 0) is 30.0 Å². The average Bonchev–Trinajstić information content (AvgIpc) is 3.25. The Bertz CT molecular complexity index is 955. The molecular formula is C23H28F2N4O3. The number of benzene rings is 2. The van der Waals surface area contributed by atoms with Crippen LogP contribution in [0.5, 0.6) is 17.2 Å². The third-order valence-corrected chi connectivity index (χ3v) is 5.59. The van der Waals surface area contributed by atoms with Crippen LogP contribution in [0.1, 0.15) is 23.1 Å². The van der Waals surface area contributed by atoms with Crippen LogP contribution in [0.3, 0.4) is 0 Å². The number of fused-ring (bicyclic) bond motifs is 2. The number of hydrogen-bond acceptors (Lipinski definition) is 5. The summed E-state index contributed by atoms with van der Waals surface area (Å²) in [6.45, 7) is 1.19. The van der Waals surface area contributed by atoms with Crippen LogP contribution in [-0.4, -0.2) is 50.9 Å². The quantitative estimate of drug-likeness (QED) is 0.369. The predicted molar refractivity (Wildman–Crippen MR) is 117 cm³/mol. The molecule has 0 aliphatic carbocycles. The minimum atomic E-state index is -2.92. The minimum Gasteiger partial charge on any atom is -0.454 e. The lowest BCUT2D eigenvalue weighted by Gasteiger charge is -2.28. The maximum atomic E-state index is 12.8. The second kappa shape index (κ2) is 10.5. The van der Waals surface area contributed by atoms with Crippen molar-refractivity contribution >= 4 is 5.96 Å². The van der Waals surface area contributed by atoms with Gasteiger partial charge in [0.2, 0.25) is 6.79 Å². The van der Waals surface area contributed by atoms with E-state index >= 15 is 0 Å². The van der Waals surface area contributed by atoms with Gasteiger partial charge in [-0.2, -0.15) is 8.78 Å². The molecule has 0 atom stereocenters. The van der Waals surface area contributed by atoms with Crippen LogP contribution >= 0.6 is 0 Å². The zero-order chi connectivity index (χ0) is 22.3. The first kappa shape index (κ1) is 22.1. The standard InChI is InChI=1S/C23H28F2N4O3/c1-26-23(27-8-4-9-29-10-7-16-5-2-3-6-17(16)14-29)28-13-18-11-20-21(31-15-30-20)12-19(18)32-22(24)25/h2-3,5-6,11-12,22H,4,7-10,13-15H2,1H3,(H2,26,27,28). The first-order valence-electron chi connectivity index (χ1n) is 10.7. The lowest BCUT2D eigenvalue weighted by molar-refractivity contribution is -0.0505. The highest BCUT2D eigenvalue weighted by Crippen LogP contribution is 2.38. The molecule has 172 valence electrons. The smallest absolute Gasteiger partial charge is 0.387 e. The molecule has 2 N–H and O–H groups in total. The second-order valence-electron chi connectivity index (χ2n) is 7.69. The fraction of sp³-hybridized carbons (Fsp3) is 0.435. The summed E-state index contributed by atoms with van der Waals surface area (Å²) in [6.07, 6.45) is 2.05. The molecule has 0 unspecified atom stereocenters. The molecule has 0 fully saturated rings. The number of nitrogens with zero attached hydrogens (tertiary/aromatic N) is 2. The highest BCUT2D eigenvalue weighted by atomic mass is 19.3. The predicted octanol–water partition coefficient (Wildman–Crippen LogP) is 3.13. The summed E-state index contributed by atoms with van der Waals surface area (Å²) in [5, 5.41) is 6.42. The molecule has 2 aliphatic rings. The van der Waals surface area contributed by atoms with Crippen molar-refractivity contribution in [2.45, 2.75) is 32.5 Å². The lowest BCUT2D eigenvalue weighted by Crippen LogP contribution is -2.39. The molecule has 9 heteroatoms. The molecule has 0 saturated heterocycles. The van der Waals surface area contributed by atoms with E-state index in [-0.39, 0.29) is 19.1 Å². The van der Waals surface area contributed by atoms with E-state index in [9.17, 15) is 8.78 Å². The van der Waals surface area contributed by atoms with E-state index in [0.717, 1.165) is 39.0 Å². The molecule has 0 bridgehead atoms. The Hall–Kier alpha value is -3.07. The molecule has 0 saturated carbocycles. The van der Waals surface area contributed by atoms with Crippen LogP contribution in [0.15, 0.2) is 41.4 Å². The van der Waals surface area contributed by atoms with Crippen molar-refractivity contribution in [1.29, 1.82) is 0 Å². The van der Waals surface area contributed by atoms with Gasteiger partial charge >= 0.3 is 6.61 Å². The van der Waals surface area contributed by atoms with Crippen LogP contribution in [0.4, 0.5) is 8.78 Å². The van der Waals surface area contributed by atoms with E-state index in [1.54, 1.807) is 13.1 Å². The number of halogens is 2. The molecule has 2 aliphatic heterocycles. The maximum Gasteiger partial charge on any atom is 0.387 e. The Morgan fingerprint density at radius 2 is 1.94 bits per heavy atom. The first-order chi connectivity index (χ1) is 15.6. The number of guanidine groups is 1. The second-order valence-corrected chi connectivity index (χ2v) is 7.69. The molecule has 2 aromatic rings. The van der Waals surface area contributed by atoms with Crippen LogP contribution in [-0.2, 0) is 19.5 Å². The summed E-state index contributed by atoms with van der Waals surface area (Å²) in [7, 11) is 1.67. The van der Waals surface area contributed by atoms with Crippen LogP contribution in [0.2, 0.25) is 0 Å². The Balaban J connectivity index is 1.24. The average molecular weight is 446 g/mol. The summed E-state index contributed by atoms with van der Waals surface area (Å²) < 4.78 is 40.9. The Kier molecular flexibility index (Phi) is 7.26. The molecule has 2 aromatic carbocycles. The van der Waals surface area contributed by atoms with Crippen molar-refractivity contribution in [3.63, 3.8) is 0 Å². The molecular weight excluding hydrogens is 418 g/mol. The number of nitrogens with one attached hydrogen (secondary N) is 2. The zero-order valence-electron chi connectivity index (χ0n) is 18.1. The van der Waals surface area contributed by atoms with Gasteiger partial charge in [-0.3, -0.25) is 9.89 Å². The van der Waals surface area contributed by atoms with Crippen molar-refractivity contribution in [1.82, 2.24) is 15.5 Å². The normalized spacial score (nSPS) is 15.6. The molecule has 0 spiro atoms. The minimum absolute atomic E-state index is 0.0533. The van der Waals surface area contributed by atoms with Crippen LogP contribution in [0.25, 0.3) is 0 Å². The van der Waals surface area contributed by atoms with Gasteiger partial charge in [0.05, 0.1) is 0 Å². The summed E-state index contributed by atoms with van der Waals surface area (Å²) in [5.74, 6) is 1.55. The van der Waals surface area contributed by atoms with Gasteiger partial charge in [0.1, 0.15) is 5.75 Å². The summed E-state index contributed by atoms with van der Waals surface area (Å²) in [6, 6.07) is 11.7. The van der Waals surface area contributed by atoms with Gasteiger partial charge in [-0.15, -0.1) is 0 Å². The van der Waals surface area contributed by atoms with Gasteiger partial charge in [-0.1, -0.05) is 24.3 Å². The third kappa shape index (κ3) is 5.59. The van der Waals surface area contributed by atoms with Gasteiger partial charge in [0.15, 0.2) is 17.5 Å². The van der Waals surface area contributed by atoms with E-state index in [1.165, 1.54) is 17.2 Å². The number of aliphatic imine (C=N–C) groups is 1. The number of alkyl halides is 2. The van der Waals surface area contributed by atoms with Crippen LogP contribution in [0, 0.1) is 0 Å². The van der Waals surface area contributed by atoms with Crippen molar-refractivity contribution < 1.29 is 23.0 Å². The van der Waals surface area contributed by atoms with Crippen molar-refractivity contribution in [2.24, 2.45) is 4.99 Å². The molecule has 7 nitrogen and oxygen atoms in total. The van der Waals surface area contributed by atoms with Crippen molar-refractivity contribution in [2.75, 3.05) is 33.5 Å². The number of ether oxygens (including phenoxy) is 3. The SMILES string of the molecule is CN=C(NCCCN1CCc2ccccc2C1)NCc1cc2c(cc1OC(F)F)OCO2. The highest BCUT2D eigenvalue weighted by molar-refractivity contribution is 5.79. The maximum absolute atomic E-state index is 12.8.